The van der Waals surface area contributed by atoms with E-state index in [0.717, 1.165) is 61.1 Å². The minimum atomic E-state index is -0.201. The molecular formula is C40H45FN6O2. The molecule has 3 aliphatic rings. The lowest BCUT2D eigenvalue weighted by Gasteiger charge is -2.45. The molecule has 0 N–H and O–H groups in total. The van der Waals surface area contributed by atoms with Gasteiger partial charge >= 0.3 is 0 Å². The first-order valence-electron chi connectivity index (χ1n) is 17.8. The van der Waals surface area contributed by atoms with Crippen LogP contribution in [0.4, 0.5) is 4.39 Å². The summed E-state index contributed by atoms with van der Waals surface area (Å²) in [5.74, 6) is 1.19. The molecule has 0 saturated carbocycles. The number of imidazole rings is 1. The van der Waals surface area contributed by atoms with Gasteiger partial charge in [-0.2, -0.15) is 0 Å². The van der Waals surface area contributed by atoms with Gasteiger partial charge in [-0.05, 0) is 99.2 Å². The Morgan fingerprint density at radius 3 is 2.41 bits per heavy atom. The van der Waals surface area contributed by atoms with Crippen LogP contribution < -0.4 is 4.74 Å². The molecule has 0 spiro atoms. The molecule has 2 bridgehead atoms. The summed E-state index contributed by atoms with van der Waals surface area (Å²) in [6, 6.07) is 27.3. The maximum atomic E-state index is 14.7. The van der Waals surface area contributed by atoms with E-state index in [9.17, 15) is 9.18 Å². The van der Waals surface area contributed by atoms with Crippen LogP contribution in [0.25, 0.3) is 11.0 Å². The number of halogens is 1. The van der Waals surface area contributed by atoms with Gasteiger partial charge in [0, 0.05) is 37.4 Å². The van der Waals surface area contributed by atoms with Crippen LogP contribution in [0, 0.1) is 12.7 Å². The fraction of sp³-hybridized carbons (Fsp3) is 0.425. The molecule has 8 nitrogen and oxygen atoms in total. The number of carbonyl (C=O) groups excluding carboxylic acids is 1. The summed E-state index contributed by atoms with van der Waals surface area (Å²) in [7, 11) is 1.56. The molecule has 3 aliphatic heterocycles. The Morgan fingerprint density at radius 2 is 1.67 bits per heavy atom. The number of methoxy groups -OCH3 is 1. The maximum Gasteiger partial charge on any atom is 0.260 e. The van der Waals surface area contributed by atoms with Crippen molar-refractivity contribution in [1.29, 1.82) is 0 Å². The molecule has 2 unspecified atom stereocenters. The molecule has 2 aromatic heterocycles. The lowest BCUT2D eigenvalue weighted by Crippen LogP contribution is -2.49. The maximum absolute atomic E-state index is 14.7. The van der Waals surface area contributed by atoms with Gasteiger partial charge in [-0.25, -0.2) is 9.37 Å². The number of benzene rings is 3. The first kappa shape index (κ1) is 31.7. The minimum Gasteiger partial charge on any atom is -0.479 e. The Hall–Kier alpha value is -4.50. The first-order valence-corrected chi connectivity index (χ1v) is 17.8. The molecule has 5 aromatic rings. The molecule has 5 heterocycles. The van der Waals surface area contributed by atoms with Crippen LogP contribution in [0.3, 0.4) is 0 Å². The second-order valence-electron chi connectivity index (χ2n) is 14.3. The third kappa shape index (κ3) is 6.03. The number of amides is 1. The van der Waals surface area contributed by atoms with Gasteiger partial charge in [0.25, 0.3) is 5.91 Å². The molecular weight excluding hydrogens is 615 g/mol. The number of ether oxygens (including phenoxy) is 1. The van der Waals surface area contributed by atoms with Gasteiger partial charge in [0.1, 0.15) is 17.2 Å². The summed E-state index contributed by atoms with van der Waals surface area (Å²) < 4.78 is 24.5. The van der Waals surface area contributed by atoms with E-state index in [-0.39, 0.29) is 17.1 Å². The van der Waals surface area contributed by atoms with Gasteiger partial charge in [0.15, 0.2) is 0 Å². The van der Waals surface area contributed by atoms with Crippen LogP contribution in [0.15, 0.2) is 85.1 Å². The van der Waals surface area contributed by atoms with E-state index < -0.39 is 0 Å². The van der Waals surface area contributed by atoms with Gasteiger partial charge < -0.3 is 14.2 Å². The smallest absolute Gasteiger partial charge is 0.260 e. The number of carbonyl (C=O) groups is 1. The molecule has 9 heteroatoms. The summed E-state index contributed by atoms with van der Waals surface area (Å²) in [5.41, 5.74) is 4.76. The van der Waals surface area contributed by atoms with Crippen molar-refractivity contribution in [3.05, 3.63) is 113 Å². The molecule has 2 atom stereocenters. The highest BCUT2D eigenvalue weighted by atomic mass is 19.1. The molecule has 49 heavy (non-hydrogen) atoms. The van der Waals surface area contributed by atoms with Crippen LogP contribution in [0.2, 0.25) is 0 Å². The normalized spacial score (nSPS) is 22.1. The number of fused-ring (bicyclic) bond motifs is 3. The summed E-state index contributed by atoms with van der Waals surface area (Å²) in [6.45, 7) is 4.89. The van der Waals surface area contributed by atoms with Crippen LogP contribution in [-0.4, -0.2) is 73.9 Å². The molecule has 3 aromatic carbocycles. The second kappa shape index (κ2) is 13.1. The summed E-state index contributed by atoms with van der Waals surface area (Å²) in [5, 5.41) is 4.56. The van der Waals surface area contributed by atoms with E-state index in [2.05, 4.69) is 51.8 Å². The quantitative estimate of drug-likeness (QED) is 0.168. The van der Waals surface area contributed by atoms with Gasteiger partial charge in [-0.1, -0.05) is 54.6 Å². The molecule has 1 amide bonds. The van der Waals surface area contributed by atoms with Crippen LogP contribution in [0.1, 0.15) is 78.3 Å². The minimum absolute atomic E-state index is 0.0635. The Balaban J connectivity index is 0.975. The summed E-state index contributed by atoms with van der Waals surface area (Å²) in [4.78, 5) is 23.5. The fourth-order valence-corrected chi connectivity index (χ4v) is 9.15. The monoisotopic (exact) mass is 660 g/mol. The lowest BCUT2D eigenvalue weighted by atomic mass is 9.70. The van der Waals surface area contributed by atoms with Crippen molar-refractivity contribution in [1.82, 2.24) is 29.1 Å². The van der Waals surface area contributed by atoms with Crippen molar-refractivity contribution < 1.29 is 13.9 Å². The van der Waals surface area contributed by atoms with Crippen LogP contribution in [-0.2, 0) is 12.0 Å². The van der Waals surface area contributed by atoms with Crippen molar-refractivity contribution in [2.24, 2.45) is 0 Å². The molecule has 3 saturated heterocycles. The SMILES string of the molecule is COc1nn(Cc2ccccc2)cc1C(=O)N1CCC(CCN2C3CCC2CC(n2c(C)nc4ccccc42)C3)(c2cccc(F)c2)CC1. The third-order valence-corrected chi connectivity index (χ3v) is 11.6. The predicted octanol–water partition coefficient (Wildman–Crippen LogP) is 7.17. The number of likely N-dealkylation sites (tertiary alicyclic amines) is 1. The number of hydrogen-bond donors (Lipinski definition) is 0. The van der Waals surface area contributed by atoms with Crippen molar-refractivity contribution in [3.8, 4) is 5.88 Å². The number of aromatic nitrogens is 4. The zero-order chi connectivity index (χ0) is 33.5. The van der Waals surface area contributed by atoms with E-state index in [4.69, 9.17) is 9.72 Å². The standard InChI is InChI=1S/C40H45FN6O2/c1-28-42-36-13-6-7-14-37(36)47(28)34-24-32-15-16-33(25-34)46(32)22-19-40(30-11-8-12-31(41)23-30)17-20-44(21-18-40)39(48)35-27-45(43-38(35)49-2)26-29-9-4-3-5-10-29/h3-14,23,27,32-34H,15-22,24-26H2,1-2H3. The lowest BCUT2D eigenvalue weighted by molar-refractivity contribution is 0.0604. The molecule has 3 fully saturated rings. The number of para-hydroxylation sites is 2. The molecule has 254 valence electrons. The summed E-state index contributed by atoms with van der Waals surface area (Å²) >= 11 is 0. The van der Waals surface area contributed by atoms with Crippen molar-refractivity contribution in [2.75, 3.05) is 26.7 Å². The average Bonchev–Trinajstić information content (AvgIpc) is 3.76. The van der Waals surface area contributed by atoms with Crippen molar-refractivity contribution >= 4 is 16.9 Å². The van der Waals surface area contributed by atoms with Gasteiger partial charge in [0.2, 0.25) is 5.88 Å². The number of nitrogens with zero attached hydrogens (tertiary/aromatic N) is 6. The van der Waals surface area contributed by atoms with E-state index in [1.165, 1.54) is 24.4 Å². The zero-order valence-electron chi connectivity index (χ0n) is 28.5. The number of hydrogen-bond acceptors (Lipinski definition) is 5. The van der Waals surface area contributed by atoms with E-state index in [0.29, 0.717) is 49.2 Å². The van der Waals surface area contributed by atoms with E-state index in [1.807, 2.05) is 41.3 Å². The molecule has 0 aliphatic carbocycles. The number of rotatable bonds is 9. The highest BCUT2D eigenvalue weighted by molar-refractivity contribution is 5.96. The van der Waals surface area contributed by atoms with E-state index in [1.54, 1.807) is 24.1 Å². The Morgan fingerprint density at radius 1 is 0.939 bits per heavy atom. The zero-order valence-corrected chi connectivity index (χ0v) is 28.5. The van der Waals surface area contributed by atoms with Crippen molar-refractivity contribution in [3.63, 3.8) is 0 Å². The second-order valence-corrected chi connectivity index (χ2v) is 14.3. The predicted molar refractivity (Wildman–Crippen MR) is 188 cm³/mol. The van der Waals surface area contributed by atoms with Crippen LogP contribution >= 0.6 is 0 Å². The first-order chi connectivity index (χ1) is 23.9. The topological polar surface area (TPSA) is 68.4 Å². The summed E-state index contributed by atoms with van der Waals surface area (Å²) in [6.07, 6.45) is 9.03. The Bertz CT molecular complexity index is 1930. The van der Waals surface area contributed by atoms with Gasteiger partial charge in [-0.3, -0.25) is 14.4 Å². The molecule has 8 rings (SSSR count). The third-order valence-electron chi connectivity index (χ3n) is 11.6. The average molecular weight is 661 g/mol. The van der Waals surface area contributed by atoms with Gasteiger partial charge in [-0.15, -0.1) is 5.10 Å². The van der Waals surface area contributed by atoms with Crippen molar-refractivity contribution in [2.45, 2.75) is 82.0 Å². The van der Waals surface area contributed by atoms with Gasteiger partial charge in [0.05, 0.1) is 24.7 Å². The highest BCUT2D eigenvalue weighted by Crippen LogP contribution is 2.45. The highest BCUT2D eigenvalue weighted by Gasteiger charge is 2.44. The number of aryl methyl sites for hydroxylation is 1. The van der Waals surface area contributed by atoms with Crippen LogP contribution in [0.5, 0.6) is 5.88 Å². The van der Waals surface area contributed by atoms with E-state index >= 15 is 0 Å². The molecule has 0 radical (unpaired) electrons. The largest absolute Gasteiger partial charge is 0.479 e. The number of piperidine rings is 2. The Kier molecular flexibility index (Phi) is 8.48. The Labute approximate surface area is 287 Å². The fourth-order valence-electron chi connectivity index (χ4n) is 9.15.